The SMILES string of the molecule is Cc1c(-c2cnn(C3CN(C)C3)c2)nc(N2CC[C@@H]2C(F)(F)F)c2nccn12. The van der Waals surface area contributed by atoms with E-state index in [1.165, 1.54) is 4.90 Å². The number of halogens is 3. The van der Waals surface area contributed by atoms with Crippen molar-refractivity contribution >= 4 is 11.5 Å². The highest BCUT2D eigenvalue weighted by atomic mass is 19.4. The molecule has 7 nitrogen and oxygen atoms in total. The highest BCUT2D eigenvalue weighted by Crippen LogP contribution is 2.39. The molecule has 2 fully saturated rings. The molecule has 1 atom stereocenters. The summed E-state index contributed by atoms with van der Waals surface area (Å²) in [5, 5.41) is 4.45. The molecule has 0 aliphatic carbocycles. The Bertz CT molecular complexity index is 1030. The van der Waals surface area contributed by atoms with Crippen LogP contribution in [0.1, 0.15) is 18.2 Å². The van der Waals surface area contributed by atoms with Gasteiger partial charge in [-0.3, -0.25) is 9.08 Å². The maximum absolute atomic E-state index is 13.3. The smallest absolute Gasteiger partial charge is 0.341 e. The van der Waals surface area contributed by atoms with Crippen LogP contribution >= 0.6 is 0 Å². The molecule has 3 aromatic rings. The average Bonchev–Trinajstić information content (AvgIpc) is 3.21. The topological polar surface area (TPSA) is 54.5 Å². The van der Waals surface area contributed by atoms with Crippen LogP contribution in [0, 0.1) is 6.92 Å². The summed E-state index contributed by atoms with van der Waals surface area (Å²) in [6, 6.07) is -1.19. The lowest BCUT2D eigenvalue weighted by Crippen LogP contribution is -2.56. The number of nitrogens with zero attached hydrogens (tertiary/aromatic N) is 7. The molecule has 2 aliphatic heterocycles. The third-order valence-corrected chi connectivity index (χ3v) is 5.73. The van der Waals surface area contributed by atoms with E-state index in [9.17, 15) is 13.2 Å². The molecule has 0 amide bonds. The van der Waals surface area contributed by atoms with Crippen LogP contribution in [0.4, 0.5) is 19.0 Å². The Labute approximate surface area is 159 Å². The number of alkyl halides is 3. The molecular formula is C18H20F3N7. The summed E-state index contributed by atoms with van der Waals surface area (Å²) in [4.78, 5) is 12.4. The van der Waals surface area contributed by atoms with Crippen molar-refractivity contribution in [2.75, 3.05) is 31.6 Å². The summed E-state index contributed by atoms with van der Waals surface area (Å²) >= 11 is 0. The number of hydrogen-bond acceptors (Lipinski definition) is 5. The van der Waals surface area contributed by atoms with Gasteiger partial charge in [0.2, 0.25) is 0 Å². The van der Waals surface area contributed by atoms with E-state index in [1.54, 1.807) is 23.0 Å². The molecule has 0 radical (unpaired) electrons. The summed E-state index contributed by atoms with van der Waals surface area (Å²) in [6.45, 7) is 4.07. The Morgan fingerprint density at radius 2 is 2.00 bits per heavy atom. The summed E-state index contributed by atoms with van der Waals surface area (Å²) in [6.07, 6.45) is 2.80. The predicted octanol–water partition coefficient (Wildman–Crippen LogP) is 2.53. The first-order valence-electron chi connectivity index (χ1n) is 9.23. The second kappa shape index (κ2) is 5.94. The number of anilines is 1. The van der Waals surface area contributed by atoms with Gasteiger partial charge in [-0.1, -0.05) is 0 Å². The molecule has 148 valence electrons. The fraction of sp³-hybridized carbons (Fsp3) is 0.500. The molecule has 2 aliphatic rings. The number of rotatable bonds is 3. The quantitative estimate of drug-likeness (QED) is 0.687. The fourth-order valence-electron chi connectivity index (χ4n) is 4.03. The molecule has 0 aromatic carbocycles. The van der Waals surface area contributed by atoms with Crippen molar-refractivity contribution < 1.29 is 13.2 Å². The molecule has 0 unspecified atom stereocenters. The maximum atomic E-state index is 13.3. The van der Waals surface area contributed by atoms with Crippen molar-refractivity contribution in [2.24, 2.45) is 0 Å². The third kappa shape index (κ3) is 2.58. The number of fused-ring (bicyclic) bond motifs is 1. The van der Waals surface area contributed by atoms with E-state index in [0.29, 0.717) is 23.9 Å². The van der Waals surface area contributed by atoms with E-state index in [-0.39, 0.29) is 12.2 Å². The molecule has 28 heavy (non-hydrogen) atoms. The molecule has 5 rings (SSSR count). The number of aryl methyl sites for hydroxylation is 1. The van der Waals surface area contributed by atoms with Crippen LogP contribution < -0.4 is 4.90 Å². The number of hydrogen-bond donors (Lipinski definition) is 0. The second-order valence-electron chi connectivity index (χ2n) is 7.61. The van der Waals surface area contributed by atoms with Gasteiger partial charge in [-0.2, -0.15) is 18.3 Å². The van der Waals surface area contributed by atoms with E-state index in [1.807, 2.05) is 17.8 Å². The minimum atomic E-state index is -4.28. The van der Waals surface area contributed by atoms with Crippen molar-refractivity contribution in [3.05, 3.63) is 30.5 Å². The number of aromatic nitrogens is 5. The van der Waals surface area contributed by atoms with Gasteiger partial charge in [-0.25, -0.2) is 9.97 Å². The fourth-order valence-corrected chi connectivity index (χ4v) is 4.03. The summed E-state index contributed by atoms with van der Waals surface area (Å²) in [5.74, 6) is 0.273. The standard InChI is InChI=1S/C18H20F3N7/c1-11-15(12-7-23-28(8-12)13-9-25(2)10-13)24-17(16-22-4-6-26(11)16)27-5-3-14(27)18(19,20)21/h4,6-8,13-14H,3,5,9-10H2,1-2H3/t14-/m1/s1. The Morgan fingerprint density at radius 1 is 1.21 bits per heavy atom. The Balaban J connectivity index is 1.58. The van der Waals surface area contributed by atoms with Gasteiger partial charge >= 0.3 is 6.18 Å². The van der Waals surface area contributed by atoms with Gasteiger partial charge in [0, 0.05) is 49.5 Å². The Kier molecular flexibility index (Phi) is 3.71. The van der Waals surface area contributed by atoms with Crippen molar-refractivity contribution in [3.8, 4) is 11.3 Å². The average molecular weight is 391 g/mol. The molecule has 10 heteroatoms. The van der Waals surface area contributed by atoms with Crippen molar-refractivity contribution in [3.63, 3.8) is 0 Å². The zero-order valence-electron chi connectivity index (χ0n) is 15.6. The van der Waals surface area contributed by atoms with Crippen LogP contribution in [-0.2, 0) is 0 Å². The molecule has 0 saturated carbocycles. The molecule has 2 saturated heterocycles. The van der Waals surface area contributed by atoms with Gasteiger partial charge in [0.1, 0.15) is 6.04 Å². The maximum Gasteiger partial charge on any atom is 0.408 e. The monoisotopic (exact) mass is 391 g/mol. The van der Waals surface area contributed by atoms with Crippen LogP contribution in [0.5, 0.6) is 0 Å². The van der Waals surface area contributed by atoms with Crippen molar-refractivity contribution in [1.82, 2.24) is 29.0 Å². The lowest BCUT2D eigenvalue weighted by Gasteiger charge is -2.42. The second-order valence-corrected chi connectivity index (χ2v) is 7.61. The minimum Gasteiger partial charge on any atom is -0.341 e. The lowest BCUT2D eigenvalue weighted by atomic mass is 10.0. The van der Waals surface area contributed by atoms with Crippen molar-refractivity contribution in [1.29, 1.82) is 0 Å². The lowest BCUT2D eigenvalue weighted by molar-refractivity contribution is -0.159. The van der Waals surface area contributed by atoms with Gasteiger partial charge in [0.25, 0.3) is 0 Å². The van der Waals surface area contributed by atoms with Gasteiger partial charge in [-0.05, 0) is 20.4 Å². The molecule has 5 heterocycles. The van der Waals surface area contributed by atoms with Crippen molar-refractivity contribution in [2.45, 2.75) is 31.6 Å². The highest BCUT2D eigenvalue weighted by molar-refractivity contribution is 5.73. The van der Waals surface area contributed by atoms with Crippen LogP contribution in [0.15, 0.2) is 24.8 Å². The normalized spacial score (nSPS) is 21.2. The van der Waals surface area contributed by atoms with Gasteiger partial charge in [-0.15, -0.1) is 0 Å². The van der Waals surface area contributed by atoms with E-state index in [4.69, 9.17) is 0 Å². The van der Waals surface area contributed by atoms with Crippen LogP contribution in [0.25, 0.3) is 16.9 Å². The zero-order valence-corrected chi connectivity index (χ0v) is 15.6. The van der Waals surface area contributed by atoms with Gasteiger partial charge < -0.3 is 9.80 Å². The number of imidazole rings is 1. The first-order chi connectivity index (χ1) is 13.3. The summed E-state index contributed by atoms with van der Waals surface area (Å²) in [7, 11) is 2.05. The molecule has 0 N–H and O–H groups in total. The van der Waals surface area contributed by atoms with E-state index < -0.39 is 12.2 Å². The third-order valence-electron chi connectivity index (χ3n) is 5.73. The molecule has 3 aromatic heterocycles. The molecule has 0 bridgehead atoms. The minimum absolute atomic E-state index is 0.0778. The van der Waals surface area contributed by atoms with Gasteiger partial charge in [0.15, 0.2) is 11.5 Å². The van der Waals surface area contributed by atoms with Crippen LogP contribution in [0.2, 0.25) is 0 Å². The largest absolute Gasteiger partial charge is 0.408 e. The van der Waals surface area contributed by atoms with E-state index in [2.05, 4.69) is 27.0 Å². The van der Waals surface area contributed by atoms with E-state index in [0.717, 1.165) is 24.3 Å². The Morgan fingerprint density at radius 3 is 2.64 bits per heavy atom. The zero-order chi connectivity index (χ0) is 19.6. The van der Waals surface area contributed by atoms with Gasteiger partial charge in [0.05, 0.1) is 17.9 Å². The van der Waals surface area contributed by atoms with Crippen LogP contribution in [0.3, 0.4) is 0 Å². The van der Waals surface area contributed by atoms with E-state index >= 15 is 0 Å². The first-order valence-corrected chi connectivity index (χ1v) is 9.23. The number of likely N-dealkylation sites (tertiary alicyclic amines) is 1. The predicted molar refractivity (Wildman–Crippen MR) is 97.3 cm³/mol. The summed E-state index contributed by atoms with van der Waals surface area (Å²) < 4.78 is 43.7. The molecular weight excluding hydrogens is 371 g/mol. The Hall–Kier alpha value is -2.62. The first kappa shape index (κ1) is 17.5. The molecule has 0 spiro atoms. The number of likely N-dealkylation sites (N-methyl/N-ethyl adjacent to an activating group) is 1. The van der Waals surface area contributed by atoms with Crippen LogP contribution in [-0.4, -0.2) is 67.9 Å². The summed E-state index contributed by atoms with van der Waals surface area (Å²) in [5.41, 5.74) is 2.70. The highest BCUT2D eigenvalue weighted by Gasteiger charge is 2.50.